The lowest BCUT2D eigenvalue weighted by Crippen LogP contribution is -2.21. The summed E-state index contributed by atoms with van der Waals surface area (Å²) >= 11 is 3.40. The summed E-state index contributed by atoms with van der Waals surface area (Å²) in [6.45, 7) is 5.63. The molecule has 4 rings (SSSR count). The molecule has 1 aliphatic rings. The van der Waals surface area contributed by atoms with Crippen LogP contribution in [0.2, 0.25) is 0 Å². The second-order valence-electron chi connectivity index (χ2n) is 6.00. The van der Waals surface area contributed by atoms with Crippen LogP contribution < -0.4 is 0 Å². The molecule has 0 aliphatic carbocycles. The fraction of sp³-hybridized carbons (Fsp3) is 0.389. The maximum atomic E-state index is 4.83. The third-order valence-electron chi connectivity index (χ3n) is 4.23. The Morgan fingerprint density at radius 2 is 1.88 bits per heavy atom. The van der Waals surface area contributed by atoms with E-state index in [1.165, 1.54) is 25.9 Å². The number of fused-ring (bicyclic) bond motifs is 1. The summed E-state index contributed by atoms with van der Waals surface area (Å²) in [7, 11) is 0. The third-order valence-corrected chi connectivity index (χ3v) is 5.92. The number of thioether (sulfide) groups is 1. The molecule has 3 heterocycles. The molecule has 4 nitrogen and oxygen atoms in total. The highest BCUT2D eigenvalue weighted by Gasteiger charge is 2.15. The molecule has 0 atom stereocenters. The molecular formula is C18H20N4S2. The van der Waals surface area contributed by atoms with E-state index >= 15 is 0 Å². The van der Waals surface area contributed by atoms with Crippen LogP contribution in [0, 0.1) is 6.92 Å². The van der Waals surface area contributed by atoms with Crippen LogP contribution in [0.3, 0.4) is 0 Å². The van der Waals surface area contributed by atoms with Gasteiger partial charge in [-0.1, -0.05) is 53.4 Å². The Labute approximate surface area is 150 Å². The van der Waals surface area contributed by atoms with E-state index in [1.807, 2.05) is 25.1 Å². The van der Waals surface area contributed by atoms with Crippen molar-refractivity contribution < 1.29 is 0 Å². The van der Waals surface area contributed by atoms with E-state index in [-0.39, 0.29) is 0 Å². The van der Waals surface area contributed by atoms with Crippen molar-refractivity contribution in [2.75, 3.05) is 25.4 Å². The van der Waals surface area contributed by atoms with Crippen LogP contribution in [-0.2, 0) is 0 Å². The van der Waals surface area contributed by atoms with Gasteiger partial charge in [0, 0.05) is 17.9 Å². The van der Waals surface area contributed by atoms with Crippen LogP contribution in [0.5, 0.6) is 0 Å². The number of rotatable bonds is 5. The molecule has 3 aromatic rings. The van der Waals surface area contributed by atoms with E-state index in [2.05, 4.69) is 22.0 Å². The van der Waals surface area contributed by atoms with Crippen molar-refractivity contribution in [3.63, 3.8) is 0 Å². The number of nitrogens with zero attached hydrogens (tertiary/aromatic N) is 4. The van der Waals surface area contributed by atoms with Gasteiger partial charge in [0.15, 0.2) is 5.16 Å². The van der Waals surface area contributed by atoms with Crippen LogP contribution in [0.1, 0.15) is 17.8 Å². The van der Waals surface area contributed by atoms with Gasteiger partial charge in [-0.3, -0.25) is 0 Å². The fourth-order valence-corrected chi connectivity index (χ4v) is 4.73. The van der Waals surface area contributed by atoms with Gasteiger partial charge in [-0.05, 0) is 32.9 Å². The van der Waals surface area contributed by atoms with Crippen molar-refractivity contribution in [1.82, 2.24) is 19.9 Å². The Morgan fingerprint density at radius 1 is 1.08 bits per heavy atom. The Balaban J connectivity index is 1.61. The van der Waals surface area contributed by atoms with Gasteiger partial charge in [0.1, 0.15) is 16.0 Å². The van der Waals surface area contributed by atoms with Gasteiger partial charge in [-0.25, -0.2) is 15.0 Å². The number of likely N-dealkylation sites (tertiary alicyclic amines) is 1. The molecule has 0 saturated carbocycles. The van der Waals surface area contributed by atoms with E-state index in [0.717, 1.165) is 44.1 Å². The average Bonchev–Trinajstić information content (AvgIpc) is 3.23. The van der Waals surface area contributed by atoms with Crippen molar-refractivity contribution >= 4 is 33.4 Å². The molecular weight excluding hydrogens is 336 g/mol. The van der Waals surface area contributed by atoms with Crippen molar-refractivity contribution in [3.8, 4) is 11.3 Å². The molecule has 0 radical (unpaired) electrons. The Hall–Kier alpha value is -1.50. The quantitative estimate of drug-likeness (QED) is 0.505. The highest BCUT2D eigenvalue weighted by Crippen LogP contribution is 2.31. The van der Waals surface area contributed by atoms with E-state index in [4.69, 9.17) is 9.97 Å². The van der Waals surface area contributed by atoms with Gasteiger partial charge in [0.05, 0.1) is 5.01 Å². The normalized spacial score (nSPS) is 15.4. The molecule has 1 saturated heterocycles. The Bertz CT molecular complexity index is 826. The highest BCUT2D eigenvalue weighted by atomic mass is 32.2. The number of aromatic nitrogens is 3. The summed E-state index contributed by atoms with van der Waals surface area (Å²) in [5.74, 6) is 1.04. The summed E-state index contributed by atoms with van der Waals surface area (Å²) < 4.78 is 0. The predicted molar refractivity (Wildman–Crippen MR) is 102 cm³/mol. The second-order valence-corrected chi connectivity index (χ2v) is 8.25. The number of hydrogen-bond acceptors (Lipinski definition) is 6. The molecule has 1 aromatic carbocycles. The first-order valence-electron chi connectivity index (χ1n) is 8.35. The SMILES string of the molecule is Cc1nc2c(-c3ccccc3)nc(SCCN3CCCC3)nc2s1. The van der Waals surface area contributed by atoms with Crippen LogP contribution in [-0.4, -0.2) is 45.2 Å². The lowest BCUT2D eigenvalue weighted by Gasteiger charge is -2.13. The summed E-state index contributed by atoms with van der Waals surface area (Å²) in [6, 6.07) is 10.3. The summed E-state index contributed by atoms with van der Waals surface area (Å²) in [4.78, 5) is 17.7. The number of aryl methyl sites for hydroxylation is 1. The molecule has 0 amide bonds. The minimum absolute atomic E-state index is 0.865. The van der Waals surface area contributed by atoms with Crippen molar-refractivity contribution in [3.05, 3.63) is 35.3 Å². The largest absolute Gasteiger partial charge is 0.303 e. The minimum Gasteiger partial charge on any atom is -0.303 e. The zero-order valence-electron chi connectivity index (χ0n) is 13.7. The Kier molecular flexibility index (Phi) is 4.78. The monoisotopic (exact) mass is 356 g/mol. The summed E-state index contributed by atoms with van der Waals surface area (Å²) in [5, 5.41) is 1.90. The standard InChI is InChI=1S/C18H20N4S2/c1-13-19-16-15(14-7-3-2-4-8-14)20-18(21-17(16)24-13)23-12-11-22-9-5-6-10-22/h2-4,7-8H,5-6,9-12H2,1H3. The smallest absolute Gasteiger partial charge is 0.189 e. The lowest BCUT2D eigenvalue weighted by molar-refractivity contribution is 0.362. The van der Waals surface area contributed by atoms with E-state index in [1.54, 1.807) is 23.1 Å². The molecule has 0 unspecified atom stereocenters. The first-order valence-corrected chi connectivity index (χ1v) is 10.2. The number of hydrogen-bond donors (Lipinski definition) is 0. The molecule has 6 heteroatoms. The average molecular weight is 357 g/mol. The molecule has 0 bridgehead atoms. The molecule has 124 valence electrons. The van der Waals surface area contributed by atoms with E-state index in [0.29, 0.717) is 0 Å². The molecule has 1 fully saturated rings. The fourth-order valence-electron chi connectivity index (χ4n) is 3.04. The minimum atomic E-state index is 0.865. The van der Waals surface area contributed by atoms with Crippen molar-refractivity contribution in [2.24, 2.45) is 0 Å². The van der Waals surface area contributed by atoms with Gasteiger partial charge in [0.2, 0.25) is 0 Å². The molecule has 24 heavy (non-hydrogen) atoms. The van der Waals surface area contributed by atoms with Crippen LogP contribution in [0.25, 0.3) is 21.6 Å². The van der Waals surface area contributed by atoms with Crippen LogP contribution in [0.15, 0.2) is 35.5 Å². The Morgan fingerprint density at radius 3 is 2.67 bits per heavy atom. The van der Waals surface area contributed by atoms with Gasteiger partial charge >= 0.3 is 0 Å². The van der Waals surface area contributed by atoms with E-state index < -0.39 is 0 Å². The molecule has 2 aromatic heterocycles. The van der Waals surface area contributed by atoms with Crippen LogP contribution >= 0.6 is 23.1 Å². The molecule has 0 spiro atoms. The lowest BCUT2D eigenvalue weighted by atomic mass is 10.1. The highest BCUT2D eigenvalue weighted by molar-refractivity contribution is 7.99. The van der Waals surface area contributed by atoms with Gasteiger partial charge in [0.25, 0.3) is 0 Å². The van der Waals surface area contributed by atoms with Gasteiger partial charge < -0.3 is 4.90 Å². The zero-order valence-corrected chi connectivity index (χ0v) is 15.4. The topological polar surface area (TPSA) is 41.9 Å². The van der Waals surface area contributed by atoms with Gasteiger partial charge in [-0.15, -0.1) is 0 Å². The second kappa shape index (κ2) is 7.17. The van der Waals surface area contributed by atoms with Crippen molar-refractivity contribution in [2.45, 2.75) is 24.9 Å². The maximum Gasteiger partial charge on any atom is 0.189 e. The first kappa shape index (κ1) is 16.0. The van der Waals surface area contributed by atoms with Crippen LogP contribution in [0.4, 0.5) is 0 Å². The molecule has 1 aliphatic heterocycles. The molecule has 0 N–H and O–H groups in total. The maximum absolute atomic E-state index is 4.83. The summed E-state index contributed by atoms with van der Waals surface area (Å²) in [6.07, 6.45) is 2.68. The zero-order chi connectivity index (χ0) is 16.4. The van der Waals surface area contributed by atoms with Gasteiger partial charge in [-0.2, -0.15) is 0 Å². The van der Waals surface area contributed by atoms with Crippen molar-refractivity contribution in [1.29, 1.82) is 0 Å². The first-order chi connectivity index (χ1) is 11.8. The summed E-state index contributed by atoms with van der Waals surface area (Å²) in [5.41, 5.74) is 2.98. The number of benzene rings is 1. The van der Waals surface area contributed by atoms with E-state index in [9.17, 15) is 0 Å². The predicted octanol–water partition coefficient (Wildman–Crippen LogP) is 4.25. The number of thiazole rings is 1. The third kappa shape index (κ3) is 3.45.